The summed E-state index contributed by atoms with van der Waals surface area (Å²) < 4.78 is 20.1. The first-order valence-corrected chi connectivity index (χ1v) is 7.57. The Morgan fingerprint density at radius 2 is 1.88 bits per heavy atom. The van der Waals surface area contributed by atoms with Gasteiger partial charge in [-0.1, -0.05) is 0 Å². The lowest BCUT2D eigenvalue weighted by Gasteiger charge is -2.29. The van der Waals surface area contributed by atoms with Crippen LogP contribution in [0.2, 0.25) is 0 Å². The Hall–Kier alpha value is -3.14. The smallest absolute Gasteiger partial charge is 0.350 e. The van der Waals surface area contributed by atoms with E-state index in [1.165, 1.54) is 39.2 Å². The molecular formula is C16H18N2O8. The van der Waals surface area contributed by atoms with Crippen molar-refractivity contribution in [3.8, 4) is 5.75 Å². The molecule has 0 atom stereocenters. The van der Waals surface area contributed by atoms with Gasteiger partial charge in [-0.3, -0.25) is 10.1 Å². The summed E-state index contributed by atoms with van der Waals surface area (Å²) in [5.41, 5.74) is -0.192. The van der Waals surface area contributed by atoms with Crippen LogP contribution < -0.4 is 10.1 Å². The van der Waals surface area contributed by atoms with Crippen molar-refractivity contribution in [1.29, 1.82) is 0 Å². The zero-order valence-corrected chi connectivity index (χ0v) is 14.4. The summed E-state index contributed by atoms with van der Waals surface area (Å²) in [5, 5.41) is 13.8. The number of hydrogen-bond acceptors (Lipinski definition) is 9. The third kappa shape index (κ3) is 4.70. The van der Waals surface area contributed by atoms with Crippen molar-refractivity contribution in [2.24, 2.45) is 0 Å². The van der Waals surface area contributed by atoms with E-state index in [2.05, 4.69) is 5.32 Å². The fraction of sp³-hybridized carbons (Fsp3) is 0.375. The summed E-state index contributed by atoms with van der Waals surface area (Å²) in [5.74, 6) is -2.99. The number of anilines is 1. The first-order valence-electron chi connectivity index (χ1n) is 7.57. The zero-order valence-electron chi connectivity index (χ0n) is 14.4. The lowest BCUT2D eigenvalue weighted by atomic mass is 10.2. The molecule has 1 fully saturated rings. The van der Waals surface area contributed by atoms with Crippen molar-refractivity contribution in [3.63, 3.8) is 0 Å². The number of hydrogen-bond donors (Lipinski definition) is 1. The predicted octanol–water partition coefficient (Wildman–Crippen LogP) is 1.75. The van der Waals surface area contributed by atoms with Gasteiger partial charge in [-0.25, -0.2) is 9.59 Å². The highest BCUT2D eigenvalue weighted by Crippen LogP contribution is 2.30. The first kappa shape index (κ1) is 19.2. The number of esters is 2. The third-order valence-corrected chi connectivity index (χ3v) is 3.20. The number of nitrogens with one attached hydrogen (secondary N) is 1. The Kier molecular flexibility index (Phi) is 5.78. The van der Waals surface area contributed by atoms with Crippen LogP contribution in [-0.4, -0.2) is 43.0 Å². The molecule has 1 aromatic rings. The summed E-state index contributed by atoms with van der Waals surface area (Å²) >= 11 is 0. The van der Waals surface area contributed by atoms with Gasteiger partial charge in [0.15, 0.2) is 11.3 Å². The van der Waals surface area contributed by atoms with Gasteiger partial charge >= 0.3 is 17.6 Å². The van der Waals surface area contributed by atoms with Crippen LogP contribution >= 0.6 is 0 Å². The molecule has 0 amide bonds. The number of methoxy groups -OCH3 is 1. The minimum Gasteiger partial charge on any atom is -0.484 e. The largest absolute Gasteiger partial charge is 0.484 e. The summed E-state index contributed by atoms with van der Waals surface area (Å²) in [6, 6.07) is 4.01. The van der Waals surface area contributed by atoms with Gasteiger partial charge in [-0.2, -0.15) is 0 Å². The van der Waals surface area contributed by atoms with Crippen LogP contribution in [0.15, 0.2) is 30.0 Å². The Labute approximate surface area is 148 Å². The first-order chi connectivity index (χ1) is 12.2. The van der Waals surface area contributed by atoms with E-state index in [1.807, 2.05) is 0 Å². The molecule has 0 saturated carbocycles. The van der Waals surface area contributed by atoms with Crippen LogP contribution in [0.5, 0.6) is 5.75 Å². The number of carbonyl (C=O) groups is 2. The Bertz CT molecular complexity index is 735. The van der Waals surface area contributed by atoms with Crippen LogP contribution in [0, 0.1) is 10.1 Å². The number of nitro benzene ring substituents is 1. The standard InChI is InChI=1S/C16H18N2O8/c1-16(2)25-14(19)11(15(20)26-16)9-17-10-4-5-12(18(21)22)13(8-10)24-7-6-23-3/h4-5,8-9,17H,6-7H2,1-3H3. The molecule has 0 aliphatic carbocycles. The van der Waals surface area contributed by atoms with E-state index in [4.69, 9.17) is 18.9 Å². The summed E-state index contributed by atoms with van der Waals surface area (Å²) in [6.45, 7) is 3.25. The van der Waals surface area contributed by atoms with E-state index in [1.54, 1.807) is 0 Å². The van der Waals surface area contributed by atoms with E-state index in [-0.39, 0.29) is 30.2 Å². The van der Waals surface area contributed by atoms with Gasteiger partial charge in [-0.15, -0.1) is 0 Å². The van der Waals surface area contributed by atoms with Gasteiger partial charge in [0.05, 0.1) is 11.5 Å². The molecule has 1 heterocycles. The summed E-state index contributed by atoms with van der Waals surface area (Å²) in [7, 11) is 1.48. The van der Waals surface area contributed by atoms with Crippen molar-refractivity contribution in [3.05, 3.63) is 40.1 Å². The fourth-order valence-electron chi connectivity index (χ4n) is 2.04. The van der Waals surface area contributed by atoms with E-state index < -0.39 is 22.6 Å². The number of cyclic esters (lactones) is 2. The summed E-state index contributed by atoms with van der Waals surface area (Å²) in [4.78, 5) is 34.2. The average Bonchev–Trinajstić information content (AvgIpc) is 2.53. The molecule has 0 bridgehead atoms. The molecule has 26 heavy (non-hydrogen) atoms. The molecule has 0 aromatic heterocycles. The molecule has 140 valence electrons. The van der Waals surface area contributed by atoms with Gasteiger partial charge in [0.2, 0.25) is 0 Å². The Balaban J connectivity index is 2.18. The molecule has 10 nitrogen and oxygen atoms in total. The van der Waals surface area contributed by atoms with Crippen LogP contribution in [0.25, 0.3) is 0 Å². The number of nitro groups is 1. The SMILES string of the molecule is COCCOc1cc(NC=C2C(=O)OC(C)(C)OC2=O)ccc1[N+](=O)[O-]. The number of nitrogens with zero attached hydrogens (tertiary/aromatic N) is 1. The number of carbonyl (C=O) groups excluding carboxylic acids is 2. The molecule has 0 spiro atoms. The predicted molar refractivity (Wildman–Crippen MR) is 88.4 cm³/mol. The molecular weight excluding hydrogens is 348 g/mol. The van der Waals surface area contributed by atoms with Gasteiger partial charge in [-0.05, 0) is 6.07 Å². The highest BCUT2D eigenvalue weighted by atomic mass is 16.7. The van der Waals surface area contributed by atoms with Gasteiger partial charge in [0.25, 0.3) is 5.79 Å². The highest BCUT2D eigenvalue weighted by Gasteiger charge is 2.38. The molecule has 1 aromatic carbocycles. The fourth-order valence-corrected chi connectivity index (χ4v) is 2.04. The van der Waals surface area contributed by atoms with Gasteiger partial charge < -0.3 is 24.3 Å². The Morgan fingerprint density at radius 1 is 1.23 bits per heavy atom. The molecule has 1 saturated heterocycles. The van der Waals surface area contributed by atoms with E-state index in [0.717, 1.165) is 6.20 Å². The second kappa shape index (κ2) is 7.83. The molecule has 0 unspecified atom stereocenters. The van der Waals surface area contributed by atoms with Crippen molar-refractivity contribution >= 4 is 23.3 Å². The lowest BCUT2D eigenvalue weighted by molar-refractivity contribution is -0.385. The van der Waals surface area contributed by atoms with Crippen molar-refractivity contribution in [1.82, 2.24) is 0 Å². The van der Waals surface area contributed by atoms with Gasteiger partial charge in [0, 0.05) is 45.0 Å². The molecule has 1 aliphatic heterocycles. The van der Waals surface area contributed by atoms with E-state index in [9.17, 15) is 19.7 Å². The number of benzene rings is 1. The minimum atomic E-state index is -1.33. The van der Waals surface area contributed by atoms with E-state index in [0.29, 0.717) is 5.69 Å². The maximum Gasteiger partial charge on any atom is 0.350 e. The quantitative estimate of drug-likeness (QED) is 0.192. The topological polar surface area (TPSA) is 126 Å². The number of ether oxygens (including phenoxy) is 4. The maximum atomic E-state index is 11.9. The second-order valence-corrected chi connectivity index (χ2v) is 5.66. The normalized spacial score (nSPS) is 15.7. The minimum absolute atomic E-state index is 0.0189. The molecule has 1 aliphatic rings. The Morgan fingerprint density at radius 3 is 2.46 bits per heavy atom. The van der Waals surface area contributed by atoms with Crippen LogP contribution in [-0.2, 0) is 23.8 Å². The zero-order chi connectivity index (χ0) is 19.3. The van der Waals surface area contributed by atoms with Crippen molar-refractivity contribution in [2.75, 3.05) is 25.6 Å². The maximum absolute atomic E-state index is 11.9. The molecule has 2 rings (SSSR count). The average molecular weight is 366 g/mol. The monoisotopic (exact) mass is 366 g/mol. The van der Waals surface area contributed by atoms with Crippen LogP contribution in [0.3, 0.4) is 0 Å². The lowest BCUT2D eigenvalue weighted by Crippen LogP contribution is -2.42. The second-order valence-electron chi connectivity index (χ2n) is 5.66. The molecule has 1 N–H and O–H groups in total. The number of rotatable bonds is 7. The van der Waals surface area contributed by atoms with Crippen molar-refractivity contribution < 1.29 is 33.5 Å². The van der Waals surface area contributed by atoms with E-state index >= 15 is 0 Å². The van der Waals surface area contributed by atoms with Gasteiger partial charge in [0.1, 0.15) is 6.61 Å². The third-order valence-electron chi connectivity index (χ3n) is 3.20. The summed E-state index contributed by atoms with van der Waals surface area (Å²) in [6.07, 6.45) is 1.11. The van der Waals surface area contributed by atoms with Crippen LogP contribution in [0.4, 0.5) is 11.4 Å². The highest BCUT2D eigenvalue weighted by molar-refractivity contribution is 6.15. The van der Waals surface area contributed by atoms with Crippen molar-refractivity contribution in [2.45, 2.75) is 19.6 Å². The molecule has 0 radical (unpaired) electrons. The molecule has 10 heteroatoms. The van der Waals surface area contributed by atoms with Crippen LogP contribution in [0.1, 0.15) is 13.8 Å².